The molecule has 9 heteroatoms. The molecule has 31 heavy (non-hydrogen) atoms. The molecule has 0 radical (unpaired) electrons. The Morgan fingerprint density at radius 1 is 1.13 bits per heavy atom. The normalized spacial score (nSPS) is 12.8. The summed E-state index contributed by atoms with van der Waals surface area (Å²) in [5, 5.41) is 5.41. The molecule has 4 rings (SSSR count). The van der Waals surface area contributed by atoms with Crippen LogP contribution in [0, 0.1) is 0 Å². The van der Waals surface area contributed by atoms with Gasteiger partial charge in [0.2, 0.25) is 18.6 Å². The summed E-state index contributed by atoms with van der Waals surface area (Å²) in [4.78, 5) is 28.5. The third kappa shape index (κ3) is 5.13. The van der Waals surface area contributed by atoms with Gasteiger partial charge in [0.25, 0.3) is 5.91 Å². The summed E-state index contributed by atoms with van der Waals surface area (Å²) in [6.45, 7) is 2.42. The van der Waals surface area contributed by atoms with Crippen LogP contribution in [0.2, 0.25) is 0 Å². The van der Waals surface area contributed by atoms with Gasteiger partial charge in [-0.1, -0.05) is 6.07 Å². The van der Waals surface area contributed by atoms with Gasteiger partial charge in [0.15, 0.2) is 11.5 Å². The highest BCUT2D eigenvalue weighted by atomic mass is 16.7. The summed E-state index contributed by atoms with van der Waals surface area (Å²) in [7, 11) is 0. The fraction of sp³-hybridized carbons (Fsp3) is 0.227. The SMILES string of the molecule is CC(NC(=O)c1ccoc1)C(=O)NCc1ccnc(OCc2ccc3c(c2)OCO3)c1. The van der Waals surface area contributed by atoms with Crippen LogP contribution in [0.4, 0.5) is 0 Å². The van der Waals surface area contributed by atoms with E-state index in [1.807, 2.05) is 18.2 Å². The van der Waals surface area contributed by atoms with Crippen LogP contribution in [0.5, 0.6) is 17.4 Å². The molecule has 0 bridgehead atoms. The van der Waals surface area contributed by atoms with Crippen LogP contribution in [-0.4, -0.2) is 29.6 Å². The number of amides is 2. The number of hydrogen-bond donors (Lipinski definition) is 2. The Morgan fingerprint density at radius 3 is 2.84 bits per heavy atom. The molecule has 0 saturated heterocycles. The highest BCUT2D eigenvalue weighted by Crippen LogP contribution is 2.32. The van der Waals surface area contributed by atoms with Crippen molar-refractivity contribution in [3.8, 4) is 17.4 Å². The van der Waals surface area contributed by atoms with Gasteiger partial charge in [-0.05, 0) is 42.3 Å². The molecule has 3 aromatic rings. The predicted octanol–water partition coefficient (Wildman–Crippen LogP) is 2.42. The number of carbonyl (C=O) groups excluding carboxylic acids is 2. The number of hydrogen-bond acceptors (Lipinski definition) is 7. The Labute approximate surface area is 178 Å². The maximum Gasteiger partial charge on any atom is 0.255 e. The van der Waals surface area contributed by atoms with Crippen LogP contribution in [0.3, 0.4) is 0 Å². The lowest BCUT2D eigenvalue weighted by Crippen LogP contribution is -2.44. The molecule has 1 aliphatic heterocycles. The number of nitrogens with zero attached hydrogens (tertiary/aromatic N) is 1. The van der Waals surface area contributed by atoms with Crippen LogP contribution >= 0.6 is 0 Å². The summed E-state index contributed by atoms with van der Waals surface area (Å²) in [5.74, 6) is 1.16. The summed E-state index contributed by atoms with van der Waals surface area (Å²) < 4.78 is 21.3. The van der Waals surface area contributed by atoms with E-state index in [0.717, 1.165) is 16.9 Å². The zero-order chi connectivity index (χ0) is 21.6. The second-order valence-corrected chi connectivity index (χ2v) is 6.90. The number of furan rings is 1. The van der Waals surface area contributed by atoms with Crippen LogP contribution in [0.1, 0.15) is 28.4 Å². The summed E-state index contributed by atoms with van der Waals surface area (Å²) in [6.07, 6.45) is 4.33. The van der Waals surface area contributed by atoms with Gasteiger partial charge in [0.05, 0.1) is 11.8 Å². The van der Waals surface area contributed by atoms with Gasteiger partial charge in [0.1, 0.15) is 18.9 Å². The standard InChI is InChI=1S/C22H21N3O6/c1-14(25-22(27)17-5-7-28-12-17)21(26)24-10-15-4-6-23-20(9-15)29-11-16-2-3-18-19(8-16)31-13-30-18/h2-9,12,14H,10-11,13H2,1H3,(H,24,26)(H,25,27). The van der Waals surface area contributed by atoms with Crippen LogP contribution in [-0.2, 0) is 17.9 Å². The molecule has 1 atom stereocenters. The number of aromatic nitrogens is 1. The van der Waals surface area contributed by atoms with Crippen LogP contribution < -0.4 is 24.8 Å². The smallest absolute Gasteiger partial charge is 0.255 e. The third-order valence-corrected chi connectivity index (χ3v) is 4.61. The molecule has 2 aromatic heterocycles. The minimum Gasteiger partial charge on any atom is -0.473 e. The van der Waals surface area contributed by atoms with E-state index in [0.29, 0.717) is 23.8 Å². The molecule has 0 fully saturated rings. The van der Waals surface area contributed by atoms with Gasteiger partial charge in [-0.25, -0.2) is 4.98 Å². The van der Waals surface area contributed by atoms with Crippen molar-refractivity contribution in [1.29, 1.82) is 0 Å². The van der Waals surface area contributed by atoms with Crippen molar-refractivity contribution < 1.29 is 28.2 Å². The molecular formula is C22H21N3O6. The fourth-order valence-corrected chi connectivity index (χ4v) is 2.91. The molecule has 0 spiro atoms. The first-order valence-electron chi connectivity index (χ1n) is 9.65. The summed E-state index contributed by atoms with van der Waals surface area (Å²) >= 11 is 0. The quantitative estimate of drug-likeness (QED) is 0.572. The van der Waals surface area contributed by atoms with E-state index in [1.54, 1.807) is 25.3 Å². The first-order chi connectivity index (χ1) is 15.1. The molecule has 1 aromatic carbocycles. The maximum atomic E-state index is 12.3. The van der Waals surface area contributed by atoms with Crippen molar-refractivity contribution in [3.05, 3.63) is 71.8 Å². The lowest BCUT2D eigenvalue weighted by molar-refractivity contribution is -0.122. The Hall–Kier alpha value is -4.01. The van der Waals surface area contributed by atoms with E-state index >= 15 is 0 Å². The largest absolute Gasteiger partial charge is 0.473 e. The van der Waals surface area contributed by atoms with E-state index in [1.165, 1.54) is 18.6 Å². The third-order valence-electron chi connectivity index (χ3n) is 4.61. The average Bonchev–Trinajstić information content (AvgIpc) is 3.48. The van der Waals surface area contributed by atoms with Crippen LogP contribution in [0.15, 0.2) is 59.5 Å². The first-order valence-corrected chi connectivity index (χ1v) is 9.65. The molecule has 0 saturated carbocycles. The monoisotopic (exact) mass is 423 g/mol. The van der Waals surface area contributed by atoms with Gasteiger partial charge < -0.3 is 29.3 Å². The van der Waals surface area contributed by atoms with Gasteiger partial charge in [-0.2, -0.15) is 0 Å². The zero-order valence-electron chi connectivity index (χ0n) is 16.8. The molecule has 0 aliphatic carbocycles. The molecule has 3 heterocycles. The van der Waals surface area contributed by atoms with Crippen molar-refractivity contribution in [3.63, 3.8) is 0 Å². The number of ether oxygens (including phenoxy) is 3. The van der Waals surface area contributed by atoms with E-state index in [4.69, 9.17) is 18.6 Å². The Kier molecular flexibility index (Phi) is 6.02. The maximum absolute atomic E-state index is 12.3. The minimum absolute atomic E-state index is 0.223. The van der Waals surface area contributed by atoms with E-state index in [-0.39, 0.29) is 25.2 Å². The Bertz CT molecular complexity index is 1070. The van der Waals surface area contributed by atoms with Crippen molar-refractivity contribution in [1.82, 2.24) is 15.6 Å². The molecule has 9 nitrogen and oxygen atoms in total. The topological polar surface area (TPSA) is 112 Å². The molecule has 160 valence electrons. The van der Waals surface area contributed by atoms with Gasteiger partial charge in [-0.15, -0.1) is 0 Å². The van der Waals surface area contributed by atoms with E-state index < -0.39 is 6.04 Å². The van der Waals surface area contributed by atoms with Gasteiger partial charge >= 0.3 is 0 Å². The number of pyridine rings is 1. The second-order valence-electron chi connectivity index (χ2n) is 6.90. The molecular weight excluding hydrogens is 402 g/mol. The lowest BCUT2D eigenvalue weighted by atomic mass is 10.2. The van der Waals surface area contributed by atoms with Crippen molar-refractivity contribution in [2.75, 3.05) is 6.79 Å². The van der Waals surface area contributed by atoms with Crippen LogP contribution in [0.25, 0.3) is 0 Å². The Balaban J connectivity index is 1.27. The Morgan fingerprint density at radius 2 is 2.00 bits per heavy atom. The molecule has 1 unspecified atom stereocenters. The molecule has 2 N–H and O–H groups in total. The number of rotatable bonds is 8. The average molecular weight is 423 g/mol. The van der Waals surface area contributed by atoms with Crippen molar-refractivity contribution in [2.24, 2.45) is 0 Å². The number of fused-ring (bicyclic) bond motifs is 1. The number of benzene rings is 1. The van der Waals surface area contributed by atoms with Gasteiger partial charge in [0, 0.05) is 18.8 Å². The second kappa shape index (κ2) is 9.21. The first kappa shape index (κ1) is 20.3. The van der Waals surface area contributed by atoms with Crippen molar-refractivity contribution >= 4 is 11.8 Å². The summed E-state index contributed by atoms with van der Waals surface area (Å²) in [5.41, 5.74) is 2.10. The van der Waals surface area contributed by atoms with Gasteiger partial charge in [-0.3, -0.25) is 9.59 Å². The highest BCUT2D eigenvalue weighted by Gasteiger charge is 2.17. The predicted molar refractivity (Wildman–Crippen MR) is 109 cm³/mol. The zero-order valence-corrected chi connectivity index (χ0v) is 16.8. The highest BCUT2D eigenvalue weighted by molar-refractivity contribution is 5.97. The van der Waals surface area contributed by atoms with E-state index in [2.05, 4.69) is 15.6 Å². The molecule has 1 aliphatic rings. The molecule has 2 amide bonds. The fourth-order valence-electron chi connectivity index (χ4n) is 2.91. The lowest BCUT2D eigenvalue weighted by Gasteiger charge is -2.14. The minimum atomic E-state index is -0.703. The van der Waals surface area contributed by atoms with E-state index in [9.17, 15) is 9.59 Å². The summed E-state index contributed by atoms with van der Waals surface area (Å²) in [6, 6.07) is 9.97. The number of nitrogens with one attached hydrogen (secondary N) is 2. The number of carbonyl (C=O) groups is 2. The van der Waals surface area contributed by atoms with Crippen molar-refractivity contribution in [2.45, 2.75) is 26.1 Å².